The van der Waals surface area contributed by atoms with Crippen LogP contribution in [0.4, 0.5) is 4.79 Å². The number of ether oxygens (including phenoxy) is 2. The van der Waals surface area contributed by atoms with E-state index in [1.165, 1.54) is 7.11 Å². The second-order valence-corrected chi connectivity index (χ2v) is 6.11. The average molecular weight is 380 g/mol. The number of aliphatic hydroxyl groups is 2. The van der Waals surface area contributed by atoms with Crippen LogP contribution in [-0.2, 0) is 11.3 Å². The van der Waals surface area contributed by atoms with Crippen LogP contribution >= 0.6 is 11.6 Å². The zero-order chi connectivity index (χ0) is 18.9. The lowest BCUT2D eigenvalue weighted by molar-refractivity contribution is 0.0123. The first-order valence-corrected chi connectivity index (χ1v) is 8.53. The van der Waals surface area contributed by atoms with Gasteiger partial charge in [-0.2, -0.15) is 0 Å². The first kappa shape index (κ1) is 20.0. The molecule has 0 heterocycles. The number of amides is 1. The van der Waals surface area contributed by atoms with Gasteiger partial charge in [0.25, 0.3) is 0 Å². The van der Waals surface area contributed by atoms with Crippen LogP contribution in [-0.4, -0.2) is 36.1 Å². The molecule has 2 aromatic carbocycles. The van der Waals surface area contributed by atoms with E-state index in [0.29, 0.717) is 16.3 Å². The Labute approximate surface area is 157 Å². The summed E-state index contributed by atoms with van der Waals surface area (Å²) in [5.74, 6) is 0.388. The number of aliphatic hydroxyl groups excluding tert-OH is 2. The summed E-state index contributed by atoms with van der Waals surface area (Å²) in [7, 11) is 1.46. The van der Waals surface area contributed by atoms with E-state index >= 15 is 0 Å². The van der Waals surface area contributed by atoms with Crippen LogP contribution in [0.5, 0.6) is 5.75 Å². The standard InChI is InChI=1S/C19H22ClNO5/c1-25-17-11-14(20)7-8-15(17)18(23)16(22)9-10-21-19(24)26-12-13-5-3-2-4-6-13/h2-8,11,16,18,22-23H,9-10,12H2,1H3,(H,21,24). The third-order valence-corrected chi connectivity index (χ3v) is 4.04. The Morgan fingerprint density at radius 2 is 1.92 bits per heavy atom. The minimum atomic E-state index is -1.16. The summed E-state index contributed by atoms with van der Waals surface area (Å²) in [4.78, 5) is 11.7. The third kappa shape index (κ3) is 5.91. The highest BCUT2D eigenvalue weighted by molar-refractivity contribution is 6.30. The summed E-state index contributed by atoms with van der Waals surface area (Å²) in [6, 6.07) is 14.1. The van der Waals surface area contributed by atoms with Gasteiger partial charge in [0, 0.05) is 17.1 Å². The molecule has 1 amide bonds. The summed E-state index contributed by atoms with van der Waals surface area (Å²) >= 11 is 5.89. The van der Waals surface area contributed by atoms with Gasteiger partial charge in [-0.15, -0.1) is 0 Å². The number of hydrogen-bond acceptors (Lipinski definition) is 5. The Kier molecular flexibility index (Phi) is 7.72. The molecule has 140 valence electrons. The average Bonchev–Trinajstić information content (AvgIpc) is 2.66. The zero-order valence-corrected chi connectivity index (χ0v) is 15.1. The van der Waals surface area contributed by atoms with E-state index in [2.05, 4.69) is 5.32 Å². The maximum absolute atomic E-state index is 11.7. The van der Waals surface area contributed by atoms with Crippen molar-refractivity contribution >= 4 is 17.7 Å². The molecule has 0 aliphatic heterocycles. The fraction of sp³-hybridized carbons (Fsp3) is 0.316. The Morgan fingerprint density at radius 3 is 2.62 bits per heavy atom. The minimum Gasteiger partial charge on any atom is -0.496 e. The quantitative estimate of drug-likeness (QED) is 0.656. The van der Waals surface area contributed by atoms with Gasteiger partial charge in [0.2, 0.25) is 0 Å². The lowest BCUT2D eigenvalue weighted by Crippen LogP contribution is -2.29. The van der Waals surface area contributed by atoms with Crippen molar-refractivity contribution in [2.45, 2.75) is 25.2 Å². The maximum atomic E-state index is 11.7. The SMILES string of the molecule is COc1cc(Cl)ccc1C(O)C(O)CCNC(=O)OCc1ccccc1. The van der Waals surface area contributed by atoms with Gasteiger partial charge >= 0.3 is 6.09 Å². The summed E-state index contributed by atoms with van der Waals surface area (Å²) in [6.45, 7) is 0.321. The van der Waals surface area contributed by atoms with Gasteiger partial charge in [-0.3, -0.25) is 0 Å². The van der Waals surface area contributed by atoms with Crippen molar-refractivity contribution in [3.63, 3.8) is 0 Å². The molecule has 3 N–H and O–H groups in total. The van der Waals surface area contributed by atoms with Gasteiger partial charge in [0.05, 0.1) is 13.2 Å². The van der Waals surface area contributed by atoms with Gasteiger partial charge in [-0.25, -0.2) is 4.79 Å². The summed E-state index contributed by atoms with van der Waals surface area (Å²) < 4.78 is 10.2. The first-order valence-electron chi connectivity index (χ1n) is 8.15. The van der Waals surface area contributed by atoms with E-state index in [1.807, 2.05) is 30.3 Å². The van der Waals surface area contributed by atoms with E-state index in [0.717, 1.165) is 5.56 Å². The van der Waals surface area contributed by atoms with Crippen LogP contribution in [0.2, 0.25) is 5.02 Å². The molecule has 7 heteroatoms. The lowest BCUT2D eigenvalue weighted by Gasteiger charge is -2.20. The molecule has 0 saturated carbocycles. The number of alkyl carbamates (subject to hydrolysis) is 1. The van der Waals surface area contributed by atoms with Crippen LogP contribution in [0.25, 0.3) is 0 Å². The molecule has 2 unspecified atom stereocenters. The maximum Gasteiger partial charge on any atom is 0.407 e. The Balaban J connectivity index is 1.77. The molecule has 0 radical (unpaired) electrons. The van der Waals surface area contributed by atoms with Gasteiger partial charge in [0.15, 0.2) is 0 Å². The Bertz CT molecular complexity index is 710. The number of benzene rings is 2. The van der Waals surface area contributed by atoms with Gasteiger partial charge in [0.1, 0.15) is 18.5 Å². The smallest absolute Gasteiger partial charge is 0.407 e. The van der Waals surface area contributed by atoms with Crippen molar-refractivity contribution in [3.05, 3.63) is 64.7 Å². The van der Waals surface area contributed by atoms with E-state index in [-0.39, 0.29) is 19.6 Å². The summed E-state index contributed by atoms with van der Waals surface area (Å²) in [5.41, 5.74) is 1.31. The van der Waals surface area contributed by atoms with Crippen molar-refractivity contribution in [3.8, 4) is 5.75 Å². The number of halogens is 1. The molecule has 0 spiro atoms. The molecule has 0 aromatic heterocycles. The van der Waals surface area contributed by atoms with Crippen molar-refractivity contribution < 1.29 is 24.5 Å². The molecule has 6 nitrogen and oxygen atoms in total. The molecule has 2 rings (SSSR count). The molecular formula is C19H22ClNO5. The predicted octanol–water partition coefficient (Wildman–Crippen LogP) is 3.06. The molecule has 0 fully saturated rings. The highest BCUT2D eigenvalue weighted by Gasteiger charge is 2.22. The lowest BCUT2D eigenvalue weighted by atomic mass is 10.0. The molecule has 0 aliphatic rings. The zero-order valence-electron chi connectivity index (χ0n) is 14.4. The predicted molar refractivity (Wildman–Crippen MR) is 98.2 cm³/mol. The Morgan fingerprint density at radius 1 is 1.19 bits per heavy atom. The number of rotatable bonds is 8. The molecular weight excluding hydrogens is 358 g/mol. The van der Waals surface area contributed by atoms with E-state index in [9.17, 15) is 15.0 Å². The first-order chi connectivity index (χ1) is 12.5. The van der Waals surface area contributed by atoms with Gasteiger partial charge < -0.3 is 25.0 Å². The van der Waals surface area contributed by atoms with Crippen molar-refractivity contribution in [1.82, 2.24) is 5.32 Å². The monoisotopic (exact) mass is 379 g/mol. The van der Waals surface area contributed by atoms with Crippen LogP contribution in [0.15, 0.2) is 48.5 Å². The molecule has 2 atom stereocenters. The topological polar surface area (TPSA) is 88.0 Å². The number of nitrogens with one attached hydrogen (secondary N) is 1. The van der Waals surface area contributed by atoms with Gasteiger partial charge in [-0.05, 0) is 24.1 Å². The number of carbonyl (C=O) groups excluding carboxylic acids is 1. The third-order valence-electron chi connectivity index (χ3n) is 3.80. The van der Waals surface area contributed by atoms with Crippen LogP contribution < -0.4 is 10.1 Å². The number of carbonyl (C=O) groups is 1. The van der Waals surface area contributed by atoms with Crippen LogP contribution in [0.1, 0.15) is 23.7 Å². The fourth-order valence-corrected chi connectivity index (χ4v) is 2.55. The summed E-state index contributed by atoms with van der Waals surface area (Å²) in [5, 5.41) is 23.5. The number of methoxy groups -OCH3 is 1. The molecule has 2 aromatic rings. The van der Waals surface area contributed by atoms with Crippen LogP contribution in [0.3, 0.4) is 0 Å². The number of hydrogen-bond donors (Lipinski definition) is 3. The second-order valence-electron chi connectivity index (χ2n) is 5.68. The molecule has 0 bridgehead atoms. The normalized spacial score (nSPS) is 12.9. The van der Waals surface area contributed by atoms with Gasteiger partial charge in [-0.1, -0.05) is 48.0 Å². The largest absolute Gasteiger partial charge is 0.496 e. The van der Waals surface area contributed by atoms with Crippen molar-refractivity contribution in [2.24, 2.45) is 0 Å². The molecule has 0 aliphatic carbocycles. The van der Waals surface area contributed by atoms with Crippen LogP contribution in [0, 0.1) is 0 Å². The van der Waals surface area contributed by atoms with E-state index in [1.54, 1.807) is 18.2 Å². The molecule has 26 heavy (non-hydrogen) atoms. The van der Waals surface area contributed by atoms with Crippen molar-refractivity contribution in [1.29, 1.82) is 0 Å². The van der Waals surface area contributed by atoms with E-state index in [4.69, 9.17) is 21.1 Å². The fourth-order valence-electron chi connectivity index (χ4n) is 2.39. The molecule has 0 saturated heterocycles. The van der Waals surface area contributed by atoms with E-state index < -0.39 is 18.3 Å². The highest BCUT2D eigenvalue weighted by Crippen LogP contribution is 2.30. The van der Waals surface area contributed by atoms with Crippen molar-refractivity contribution in [2.75, 3.05) is 13.7 Å². The highest BCUT2D eigenvalue weighted by atomic mass is 35.5. The second kappa shape index (κ2) is 10.0. The minimum absolute atomic E-state index is 0.146. The summed E-state index contributed by atoms with van der Waals surface area (Å²) in [6.07, 6.45) is -2.68. The Hall–Kier alpha value is -2.28.